The smallest absolute Gasteiger partial charge is 0.339 e. The van der Waals surface area contributed by atoms with E-state index >= 15 is 0 Å². The van der Waals surface area contributed by atoms with Gasteiger partial charge in [0.2, 0.25) is 0 Å². The van der Waals surface area contributed by atoms with Gasteiger partial charge < -0.3 is 19.0 Å². The van der Waals surface area contributed by atoms with Gasteiger partial charge in [-0.3, -0.25) is 4.79 Å². The third-order valence-corrected chi connectivity index (χ3v) is 6.58. The molecular weight excluding hydrogens is 536 g/mol. The molecule has 0 atom stereocenters. The van der Waals surface area contributed by atoms with Gasteiger partial charge in [-0.05, 0) is 70.9 Å². The van der Waals surface area contributed by atoms with Crippen LogP contribution in [0.1, 0.15) is 11.1 Å². The first-order chi connectivity index (χ1) is 16.7. The minimum Gasteiger partial charge on any atom is -0.497 e. The van der Waals surface area contributed by atoms with Gasteiger partial charge in [-0.2, -0.15) is 13.7 Å². The highest BCUT2D eigenvalue weighted by molar-refractivity contribution is 9.10. The number of rotatable bonds is 8. The third-order valence-electron chi connectivity index (χ3n) is 4.76. The first-order valence-electron chi connectivity index (χ1n) is 10.1. The van der Waals surface area contributed by atoms with Crippen LogP contribution in [0, 0.1) is 18.3 Å². The van der Waals surface area contributed by atoms with Crippen LogP contribution in [0.3, 0.4) is 0 Å². The lowest BCUT2D eigenvalue weighted by atomic mass is 10.1. The van der Waals surface area contributed by atoms with Gasteiger partial charge >= 0.3 is 10.1 Å². The Kier molecular flexibility index (Phi) is 8.17. The van der Waals surface area contributed by atoms with Crippen molar-refractivity contribution in [3.8, 4) is 23.3 Å². The summed E-state index contributed by atoms with van der Waals surface area (Å²) in [5.41, 5.74) is 1.59. The molecule has 0 aliphatic heterocycles. The molecule has 0 bridgehead atoms. The average molecular weight is 557 g/mol. The number of anilines is 1. The molecule has 0 fully saturated rings. The van der Waals surface area contributed by atoms with Gasteiger partial charge in [0.05, 0.1) is 18.7 Å². The van der Waals surface area contributed by atoms with Crippen molar-refractivity contribution >= 4 is 43.7 Å². The van der Waals surface area contributed by atoms with Crippen LogP contribution in [0.5, 0.6) is 17.2 Å². The zero-order valence-electron chi connectivity index (χ0n) is 19.0. The van der Waals surface area contributed by atoms with E-state index in [0.717, 1.165) is 5.56 Å². The Balaban J connectivity index is 1.90. The molecule has 0 aliphatic carbocycles. The lowest BCUT2D eigenvalue weighted by Gasteiger charge is -2.14. The van der Waals surface area contributed by atoms with Gasteiger partial charge in [0.1, 0.15) is 22.3 Å². The van der Waals surface area contributed by atoms with E-state index in [1.807, 2.05) is 13.0 Å². The quantitative estimate of drug-likeness (QED) is 0.233. The Bertz CT molecular complexity index is 1430. The van der Waals surface area contributed by atoms with Crippen molar-refractivity contribution in [3.63, 3.8) is 0 Å². The van der Waals surface area contributed by atoms with Crippen LogP contribution in [0.2, 0.25) is 0 Å². The average Bonchev–Trinajstić information content (AvgIpc) is 2.84. The maximum Gasteiger partial charge on any atom is 0.339 e. The lowest BCUT2D eigenvalue weighted by molar-refractivity contribution is -0.112. The van der Waals surface area contributed by atoms with Crippen molar-refractivity contribution < 1.29 is 26.9 Å². The number of amides is 1. The van der Waals surface area contributed by atoms with Gasteiger partial charge in [0.25, 0.3) is 5.91 Å². The molecule has 0 aromatic heterocycles. The predicted octanol–water partition coefficient (Wildman–Crippen LogP) is 5.09. The van der Waals surface area contributed by atoms with Crippen molar-refractivity contribution in [1.29, 1.82) is 5.26 Å². The summed E-state index contributed by atoms with van der Waals surface area (Å²) in [7, 11) is -1.28. The van der Waals surface area contributed by atoms with E-state index in [9.17, 15) is 18.5 Å². The Hall–Kier alpha value is -3.81. The van der Waals surface area contributed by atoms with Crippen LogP contribution in [-0.2, 0) is 14.9 Å². The van der Waals surface area contributed by atoms with Crippen molar-refractivity contribution in [2.75, 3.05) is 19.5 Å². The summed E-state index contributed by atoms with van der Waals surface area (Å²) in [6.07, 6.45) is 1.35. The summed E-state index contributed by atoms with van der Waals surface area (Å²) in [6.45, 7) is 1.84. The van der Waals surface area contributed by atoms with E-state index in [1.165, 1.54) is 44.6 Å². The first-order valence-corrected chi connectivity index (χ1v) is 12.3. The van der Waals surface area contributed by atoms with Crippen LogP contribution >= 0.6 is 15.9 Å². The molecule has 180 valence electrons. The third kappa shape index (κ3) is 6.41. The highest BCUT2D eigenvalue weighted by Crippen LogP contribution is 2.39. The fraction of sp³-hybridized carbons (Fsp3) is 0.120. The summed E-state index contributed by atoms with van der Waals surface area (Å²) in [5, 5.41) is 12.2. The number of aryl methyl sites for hydroxylation is 1. The maximum atomic E-state index is 12.7. The molecule has 3 rings (SSSR count). The summed E-state index contributed by atoms with van der Waals surface area (Å²) < 4.78 is 41.5. The number of nitrogens with one attached hydrogen (secondary N) is 1. The number of halogens is 1. The number of ether oxygens (including phenoxy) is 2. The number of hydrogen-bond acceptors (Lipinski definition) is 7. The Morgan fingerprint density at radius 1 is 1.06 bits per heavy atom. The van der Waals surface area contributed by atoms with E-state index < -0.39 is 16.0 Å². The highest BCUT2D eigenvalue weighted by Gasteiger charge is 2.22. The molecule has 8 nitrogen and oxygen atoms in total. The number of benzene rings is 3. The van der Waals surface area contributed by atoms with E-state index in [2.05, 4.69) is 21.2 Å². The van der Waals surface area contributed by atoms with Crippen molar-refractivity contribution in [2.45, 2.75) is 11.8 Å². The zero-order valence-corrected chi connectivity index (χ0v) is 21.4. The number of nitriles is 1. The monoisotopic (exact) mass is 556 g/mol. The second-order valence-electron chi connectivity index (χ2n) is 7.24. The van der Waals surface area contributed by atoms with Crippen molar-refractivity contribution in [3.05, 3.63) is 81.8 Å². The van der Waals surface area contributed by atoms with E-state index in [1.54, 1.807) is 36.4 Å². The molecule has 0 spiro atoms. The summed E-state index contributed by atoms with van der Waals surface area (Å²) in [6, 6.07) is 17.8. The number of nitrogens with zero attached hydrogens (tertiary/aromatic N) is 1. The van der Waals surface area contributed by atoms with Crippen molar-refractivity contribution in [1.82, 2.24) is 0 Å². The van der Waals surface area contributed by atoms with Crippen LogP contribution in [-0.4, -0.2) is 28.5 Å². The second-order valence-corrected chi connectivity index (χ2v) is 9.64. The van der Waals surface area contributed by atoms with E-state index in [4.69, 9.17) is 13.7 Å². The molecular formula is C25H21BrN2O6S. The Morgan fingerprint density at radius 3 is 2.40 bits per heavy atom. The van der Waals surface area contributed by atoms with Gasteiger partial charge in [-0.1, -0.05) is 23.8 Å². The topological polar surface area (TPSA) is 115 Å². The number of methoxy groups -OCH3 is 2. The van der Waals surface area contributed by atoms with Gasteiger partial charge in [-0.25, -0.2) is 0 Å². The fourth-order valence-electron chi connectivity index (χ4n) is 2.98. The fourth-order valence-corrected chi connectivity index (χ4v) is 4.59. The van der Waals surface area contributed by atoms with Crippen LogP contribution < -0.4 is 19.0 Å². The van der Waals surface area contributed by atoms with Gasteiger partial charge in [0.15, 0.2) is 11.5 Å². The first kappa shape index (κ1) is 25.8. The summed E-state index contributed by atoms with van der Waals surface area (Å²) >= 11 is 3.30. The summed E-state index contributed by atoms with van der Waals surface area (Å²) in [5.74, 6) is -0.0513. The number of carbonyl (C=O) groups is 1. The molecule has 0 aliphatic rings. The predicted molar refractivity (Wildman–Crippen MR) is 135 cm³/mol. The molecule has 3 aromatic rings. The maximum absolute atomic E-state index is 12.7. The van der Waals surface area contributed by atoms with E-state index in [0.29, 0.717) is 17.0 Å². The molecule has 1 N–H and O–H groups in total. The lowest BCUT2D eigenvalue weighted by Crippen LogP contribution is -2.13. The normalized spacial score (nSPS) is 11.3. The zero-order chi connectivity index (χ0) is 25.6. The molecule has 0 heterocycles. The van der Waals surface area contributed by atoms with Crippen LogP contribution in [0.15, 0.2) is 75.6 Å². The SMILES string of the molecule is COc1cccc(NC(=O)/C(C#N)=C/c2cc(Br)c(OS(=O)(=O)c3ccc(C)cc3)c(OC)c2)c1. The molecule has 0 unspecified atom stereocenters. The highest BCUT2D eigenvalue weighted by atomic mass is 79.9. The van der Waals surface area contributed by atoms with Crippen LogP contribution in [0.25, 0.3) is 6.08 Å². The number of hydrogen-bond donors (Lipinski definition) is 1. The van der Waals surface area contributed by atoms with Crippen LogP contribution in [0.4, 0.5) is 5.69 Å². The Morgan fingerprint density at radius 2 is 1.77 bits per heavy atom. The molecule has 3 aromatic carbocycles. The molecule has 0 saturated carbocycles. The second kappa shape index (κ2) is 11.1. The van der Waals surface area contributed by atoms with Crippen molar-refractivity contribution in [2.24, 2.45) is 0 Å². The molecule has 1 amide bonds. The molecule has 0 saturated heterocycles. The van der Waals surface area contributed by atoms with Gasteiger partial charge in [0, 0.05) is 11.8 Å². The number of carbonyl (C=O) groups excluding carboxylic acids is 1. The Labute approximate surface area is 212 Å². The largest absolute Gasteiger partial charge is 0.497 e. The minimum atomic E-state index is -4.13. The molecule has 35 heavy (non-hydrogen) atoms. The molecule has 0 radical (unpaired) electrons. The summed E-state index contributed by atoms with van der Waals surface area (Å²) in [4.78, 5) is 12.6. The molecule has 10 heteroatoms. The van der Waals surface area contributed by atoms with Gasteiger partial charge in [-0.15, -0.1) is 0 Å². The van der Waals surface area contributed by atoms with E-state index in [-0.39, 0.29) is 26.4 Å². The minimum absolute atomic E-state index is 0.0120. The standard InChI is InChI=1S/C25H21BrN2O6S/c1-16-7-9-21(10-8-16)35(30,31)34-24-22(26)12-17(13-23(24)33-3)11-18(15-27)25(29)28-19-5-4-6-20(14-19)32-2/h4-14H,1-3H3,(H,28,29)/b18-11+.